The fraction of sp³-hybridized carbons (Fsp3) is 0.818. The third-order valence-corrected chi connectivity index (χ3v) is 4.70. The lowest BCUT2D eigenvalue weighted by Gasteiger charge is -2.14. The standard InChI is InChI=1S/C11H21NO5S/c1-5-8(2)12-10(13)7-18(15,16)9(3)6-11(14)17-4/h8-9H,5-7H2,1-4H3,(H,12,13). The Labute approximate surface area is 108 Å². The van der Waals surface area contributed by atoms with Crippen molar-refractivity contribution in [3.05, 3.63) is 0 Å². The second-order valence-electron chi connectivity index (χ2n) is 4.27. The van der Waals surface area contributed by atoms with Crippen LogP contribution in [0.15, 0.2) is 0 Å². The molecule has 0 fully saturated rings. The van der Waals surface area contributed by atoms with Gasteiger partial charge in [0.2, 0.25) is 5.91 Å². The molecule has 0 spiro atoms. The summed E-state index contributed by atoms with van der Waals surface area (Å²) in [5, 5.41) is 1.65. The van der Waals surface area contributed by atoms with Crippen molar-refractivity contribution in [3.8, 4) is 0 Å². The number of rotatable bonds is 7. The van der Waals surface area contributed by atoms with E-state index in [1.54, 1.807) is 6.92 Å². The summed E-state index contributed by atoms with van der Waals surface area (Å²) in [6, 6.07) is -0.0661. The first-order chi connectivity index (χ1) is 8.22. The van der Waals surface area contributed by atoms with E-state index in [1.165, 1.54) is 14.0 Å². The Morgan fingerprint density at radius 3 is 2.28 bits per heavy atom. The summed E-state index contributed by atoms with van der Waals surface area (Å²) in [7, 11) is -2.44. The number of esters is 1. The van der Waals surface area contributed by atoms with Crippen molar-refractivity contribution in [2.45, 2.75) is 44.9 Å². The van der Waals surface area contributed by atoms with Crippen molar-refractivity contribution in [1.82, 2.24) is 5.32 Å². The van der Waals surface area contributed by atoms with Crippen LogP contribution in [0.1, 0.15) is 33.6 Å². The molecule has 1 N–H and O–H groups in total. The fourth-order valence-corrected chi connectivity index (χ4v) is 2.31. The maximum absolute atomic E-state index is 11.8. The first kappa shape index (κ1) is 16.9. The van der Waals surface area contributed by atoms with Crippen LogP contribution in [0.2, 0.25) is 0 Å². The lowest BCUT2D eigenvalue weighted by molar-refractivity contribution is -0.140. The third kappa shape index (κ3) is 6.00. The molecule has 0 rings (SSSR count). The first-order valence-corrected chi connectivity index (χ1v) is 7.52. The monoisotopic (exact) mass is 279 g/mol. The third-order valence-electron chi connectivity index (χ3n) is 2.65. The van der Waals surface area contributed by atoms with Crippen LogP contribution in [-0.2, 0) is 24.2 Å². The second-order valence-corrected chi connectivity index (χ2v) is 6.69. The molecule has 0 saturated heterocycles. The molecule has 2 unspecified atom stereocenters. The average Bonchev–Trinajstić information content (AvgIpc) is 2.27. The number of sulfone groups is 1. The van der Waals surface area contributed by atoms with Gasteiger partial charge in [-0.25, -0.2) is 8.42 Å². The van der Waals surface area contributed by atoms with Crippen molar-refractivity contribution in [1.29, 1.82) is 0 Å². The van der Waals surface area contributed by atoms with Gasteiger partial charge in [-0.15, -0.1) is 0 Å². The van der Waals surface area contributed by atoms with Gasteiger partial charge in [0.25, 0.3) is 0 Å². The molecule has 0 aromatic heterocycles. The number of carbonyl (C=O) groups is 2. The van der Waals surface area contributed by atoms with Crippen molar-refractivity contribution < 1.29 is 22.7 Å². The Hall–Kier alpha value is -1.11. The van der Waals surface area contributed by atoms with Crippen LogP contribution in [0.25, 0.3) is 0 Å². The quantitative estimate of drug-likeness (QED) is 0.675. The molecule has 18 heavy (non-hydrogen) atoms. The van der Waals surface area contributed by atoms with E-state index < -0.39 is 32.7 Å². The van der Waals surface area contributed by atoms with E-state index in [-0.39, 0.29) is 12.5 Å². The summed E-state index contributed by atoms with van der Waals surface area (Å²) >= 11 is 0. The Bertz CT molecular complexity index is 390. The molecule has 106 valence electrons. The summed E-state index contributed by atoms with van der Waals surface area (Å²) in [6.07, 6.45) is 0.485. The van der Waals surface area contributed by atoms with E-state index in [0.29, 0.717) is 0 Å². The molecule has 0 aliphatic heterocycles. The van der Waals surface area contributed by atoms with Gasteiger partial charge in [-0.2, -0.15) is 0 Å². The van der Waals surface area contributed by atoms with Gasteiger partial charge in [0, 0.05) is 6.04 Å². The number of carbonyl (C=O) groups excluding carboxylic acids is 2. The Morgan fingerprint density at radius 1 is 1.28 bits per heavy atom. The maximum atomic E-state index is 11.8. The van der Waals surface area contributed by atoms with Crippen LogP contribution in [0.3, 0.4) is 0 Å². The van der Waals surface area contributed by atoms with Gasteiger partial charge in [0.15, 0.2) is 9.84 Å². The Morgan fingerprint density at radius 2 is 1.83 bits per heavy atom. The van der Waals surface area contributed by atoms with Gasteiger partial charge in [0.1, 0.15) is 5.75 Å². The van der Waals surface area contributed by atoms with Crippen LogP contribution >= 0.6 is 0 Å². The topological polar surface area (TPSA) is 89.5 Å². The van der Waals surface area contributed by atoms with E-state index in [1.807, 2.05) is 6.92 Å². The summed E-state index contributed by atoms with van der Waals surface area (Å²) in [5.74, 6) is -1.75. The van der Waals surface area contributed by atoms with Crippen LogP contribution in [-0.4, -0.2) is 44.4 Å². The highest BCUT2D eigenvalue weighted by atomic mass is 32.2. The van der Waals surface area contributed by atoms with Crippen molar-refractivity contribution >= 4 is 21.7 Å². The van der Waals surface area contributed by atoms with E-state index in [9.17, 15) is 18.0 Å². The minimum absolute atomic E-state index is 0.0661. The van der Waals surface area contributed by atoms with Crippen molar-refractivity contribution in [2.24, 2.45) is 0 Å². The largest absolute Gasteiger partial charge is 0.469 e. The minimum Gasteiger partial charge on any atom is -0.469 e. The molecule has 2 atom stereocenters. The highest BCUT2D eigenvalue weighted by Gasteiger charge is 2.27. The fourth-order valence-electron chi connectivity index (χ4n) is 1.19. The molecule has 0 bridgehead atoms. The van der Waals surface area contributed by atoms with E-state index in [4.69, 9.17) is 0 Å². The molecule has 0 heterocycles. The normalized spacial score (nSPS) is 14.7. The van der Waals surface area contributed by atoms with Gasteiger partial charge in [-0.3, -0.25) is 9.59 Å². The zero-order chi connectivity index (χ0) is 14.3. The number of ether oxygens (including phenoxy) is 1. The van der Waals surface area contributed by atoms with Gasteiger partial charge in [-0.1, -0.05) is 6.92 Å². The second kappa shape index (κ2) is 7.35. The number of hydrogen-bond donors (Lipinski definition) is 1. The Kier molecular flexibility index (Phi) is 6.90. The molecule has 0 aromatic carbocycles. The summed E-state index contributed by atoms with van der Waals surface area (Å²) in [4.78, 5) is 22.5. The molecule has 0 aromatic rings. The van der Waals surface area contributed by atoms with Gasteiger partial charge in [-0.05, 0) is 20.3 Å². The molecular weight excluding hydrogens is 258 g/mol. The lowest BCUT2D eigenvalue weighted by atomic mass is 10.3. The molecule has 0 saturated carbocycles. The molecule has 0 aliphatic carbocycles. The number of hydrogen-bond acceptors (Lipinski definition) is 5. The number of amides is 1. The summed E-state index contributed by atoms with van der Waals surface area (Å²) in [6.45, 7) is 5.07. The highest BCUT2D eigenvalue weighted by molar-refractivity contribution is 7.92. The van der Waals surface area contributed by atoms with Crippen LogP contribution in [0.5, 0.6) is 0 Å². The summed E-state index contributed by atoms with van der Waals surface area (Å²) < 4.78 is 28.0. The van der Waals surface area contributed by atoms with E-state index in [2.05, 4.69) is 10.1 Å². The van der Waals surface area contributed by atoms with Crippen molar-refractivity contribution in [3.63, 3.8) is 0 Å². The average molecular weight is 279 g/mol. The first-order valence-electron chi connectivity index (χ1n) is 5.80. The SMILES string of the molecule is CCC(C)NC(=O)CS(=O)(=O)C(C)CC(=O)OC. The zero-order valence-corrected chi connectivity index (χ0v) is 12.0. The molecule has 6 nitrogen and oxygen atoms in total. The highest BCUT2D eigenvalue weighted by Crippen LogP contribution is 2.07. The molecular formula is C11H21NO5S. The van der Waals surface area contributed by atoms with E-state index in [0.717, 1.165) is 6.42 Å². The predicted octanol–water partition coefficient (Wildman–Crippen LogP) is 0.268. The Balaban J connectivity index is 4.46. The van der Waals surface area contributed by atoms with Crippen molar-refractivity contribution in [2.75, 3.05) is 12.9 Å². The molecule has 7 heteroatoms. The van der Waals surface area contributed by atoms with Crippen LogP contribution in [0, 0.1) is 0 Å². The molecule has 0 aliphatic rings. The van der Waals surface area contributed by atoms with Gasteiger partial charge >= 0.3 is 5.97 Å². The van der Waals surface area contributed by atoms with E-state index >= 15 is 0 Å². The molecule has 1 amide bonds. The maximum Gasteiger partial charge on any atom is 0.306 e. The summed E-state index contributed by atoms with van der Waals surface area (Å²) in [5.41, 5.74) is 0. The van der Waals surface area contributed by atoms with Crippen LogP contribution < -0.4 is 5.32 Å². The number of nitrogens with one attached hydrogen (secondary N) is 1. The zero-order valence-electron chi connectivity index (χ0n) is 11.2. The minimum atomic E-state index is -3.63. The van der Waals surface area contributed by atoms with Gasteiger partial charge in [0.05, 0.1) is 18.8 Å². The smallest absolute Gasteiger partial charge is 0.306 e. The molecule has 0 radical (unpaired) electrons. The number of methoxy groups -OCH3 is 1. The lowest BCUT2D eigenvalue weighted by Crippen LogP contribution is -2.39. The van der Waals surface area contributed by atoms with Gasteiger partial charge < -0.3 is 10.1 Å². The van der Waals surface area contributed by atoms with Crippen LogP contribution in [0.4, 0.5) is 0 Å². The predicted molar refractivity (Wildman–Crippen MR) is 67.8 cm³/mol.